The number of benzene rings is 1. The van der Waals surface area contributed by atoms with E-state index in [1.807, 2.05) is 24.4 Å². The van der Waals surface area contributed by atoms with Crippen LogP contribution in [-0.4, -0.2) is 36.7 Å². The van der Waals surface area contributed by atoms with Crippen LogP contribution < -0.4 is 4.90 Å². The van der Waals surface area contributed by atoms with Crippen LogP contribution in [0.3, 0.4) is 0 Å². The fourth-order valence-electron chi connectivity index (χ4n) is 2.41. The minimum Gasteiger partial charge on any atom is -0.373 e. The van der Waals surface area contributed by atoms with Crippen LogP contribution in [-0.2, 0) is 4.74 Å². The van der Waals surface area contributed by atoms with Crippen molar-refractivity contribution in [1.82, 2.24) is 4.98 Å². The third kappa shape index (κ3) is 2.57. The fraction of sp³-hybridized carbons (Fsp3) is 0.357. The molecule has 0 aliphatic carbocycles. The molecule has 2 aromatic rings. The van der Waals surface area contributed by atoms with Crippen LogP contribution in [0.25, 0.3) is 10.8 Å². The Hall–Kier alpha value is -0.840. The summed E-state index contributed by atoms with van der Waals surface area (Å²) in [4.78, 5) is 6.80. The monoisotopic (exact) mass is 340 g/mol. The van der Waals surface area contributed by atoms with E-state index in [1.54, 1.807) is 0 Å². The molecule has 0 bridgehead atoms. The summed E-state index contributed by atoms with van der Waals surface area (Å²) in [5.74, 6) is 1.53. The molecule has 0 radical (unpaired) electrons. The molecule has 1 unspecified atom stereocenters. The summed E-state index contributed by atoms with van der Waals surface area (Å²) in [7, 11) is 0. The molecule has 1 aliphatic rings. The Morgan fingerprint density at radius 3 is 3.11 bits per heavy atom. The number of rotatable bonds is 2. The number of halogens is 2. The van der Waals surface area contributed by atoms with Gasteiger partial charge in [-0.05, 0) is 12.1 Å². The zero-order valence-corrected chi connectivity index (χ0v) is 12.7. The number of alkyl halides is 1. The fourth-order valence-corrected chi connectivity index (χ4v) is 3.10. The van der Waals surface area contributed by atoms with E-state index < -0.39 is 0 Å². The standard InChI is InChI=1S/C14H14BrClN2O/c15-13-3-1-2-12-11(13)4-5-17-14(12)18-6-7-19-10(8-16)9-18/h1-5,10H,6-9H2. The largest absolute Gasteiger partial charge is 0.373 e. The zero-order valence-electron chi connectivity index (χ0n) is 10.4. The minimum atomic E-state index is 0.0830. The lowest BCUT2D eigenvalue weighted by Crippen LogP contribution is -2.43. The van der Waals surface area contributed by atoms with Crippen molar-refractivity contribution in [3.05, 3.63) is 34.9 Å². The molecule has 1 aliphatic heterocycles. The van der Waals surface area contributed by atoms with Crippen molar-refractivity contribution in [2.45, 2.75) is 6.10 Å². The summed E-state index contributed by atoms with van der Waals surface area (Å²) >= 11 is 9.49. The van der Waals surface area contributed by atoms with Gasteiger partial charge in [0, 0.05) is 34.5 Å². The van der Waals surface area contributed by atoms with Crippen molar-refractivity contribution in [2.24, 2.45) is 0 Å². The molecule has 3 rings (SSSR count). The lowest BCUT2D eigenvalue weighted by Gasteiger charge is -2.33. The Morgan fingerprint density at radius 2 is 2.26 bits per heavy atom. The van der Waals surface area contributed by atoms with E-state index in [-0.39, 0.29) is 6.10 Å². The SMILES string of the molecule is ClCC1CN(c2nccc3c(Br)cccc23)CCO1. The molecule has 3 nitrogen and oxygen atoms in total. The van der Waals surface area contributed by atoms with Crippen molar-refractivity contribution in [3.63, 3.8) is 0 Å². The van der Waals surface area contributed by atoms with Crippen LogP contribution in [0.4, 0.5) is 5.82 Å². The second-order valence-corrected chi connectivity index (χ2v) is 5.73. The molecule has 1 fully saturated rings. The summed E-state index contributed by atoms with van der Waals surface area (Å²) < 4.78 is 6.70. The Morgan fingerprint density at radius 1 is 1.37 bits per heavy atom. The molecule has 0 amide bonds. The van der Waals surface area contributed by atoms with Crippen molar-refractivity contribution >= 4 is 44.1 Å². The molecule has 0 spiro atoms. The third-order valence-corrected chi connectivity index (χ3v) is 4.38. The Bertz CT molecular complexity index is 593. The van der Waals surface area contributed by atoms with Crippen LogP contribution in [0.15, 0.2) is 34.9 Å². The average molecular weight is 342 g/mol. The van der Waals surface area contributed by atoms with Crippen molar-refractivity contribution in [3.8, 4) is 0 Å². The third-order valence-electron chi connectivity index (χ3n) is 3.34. The van der Waals surface area contributed by atoms with Crippen LogP contribution in [0.1, 0.15) is 0 Å². The molecule has 0 saturated carbocycles. The highest BCUT2D eigenvalue weighted by Gasteiger charge is 2.22. The van der Waals surface area contributed by atoms with E-state index in [0.717, 1.165) is 28.8 Å². The van der Waals surface area contributed by atoms with E-state index in [9.17, 15) is 0 Å². The summed E-state index contributed by atoms with van der Waals surface area (Å²) in [6.45, 7) is 2.34. The molecule has 1 atom stereocenters. The molecule has 19 heavy (non-hydrogen) atoms. The van der Waals surface area contributed by atoms with Gasteiger partial charge in [-0.25, -0.2) is 4.98 Å². The number of morpholine rings is 1. The molecule has 100 valence electrons. The number of fused-ring (bicyclic) bond motifs is 1. The van der Waals surface area contributed by atoms with Gasteiger partial charge in [-0.15, -0.1) is 11.6 Å². The Labute approximate surface area is 125 Å². The maximum Gasteiger partial charge on any atom is 0.136 e. The number of hydrogen-bond acceptors (Lipinski definition) is 3. The predicted molar refractivity (Wildman–Crippen MR) is 82.1 cm³/mol. The highest BCUT2D eigenvalue weighted by Crippen LogP contribution is 2.30. The topological polar surface area (TPSA) is 25.4 Å². The highest BCUT2D eigenvalue weighted by atomic mass is 79.9. The highest BCUT2D eigenvalue weighted by molar-refractivity contribution is 9.10. The van der Waals surface area contributed by atoms with Crippen molar-refractivity contribution in [2.75, 3.05) is 30.5 Å². The maximum atomic E-state index is 5.90. The van der Waals surface area contributed by atoms with Gasteiger partial charge >= 0.3 is 0 Å². The van der Waals surface area contributed by atoms with Gasteiger partial charge in [-0.3, -0.25) is 0 Å². The van der Waals surface area contributed by atoms with Gasteiger partial charge in [0.1, 0.15) is 5.82 Å². The summed E-state index contributed by atoms with van der Waals surface area (Å²) in [5, 5.41) is 2.34. The molecule has 1 aromatic heterocycles. The van der Waals surface area contributed by atoms with E-state index in [0.29, 0.717) is 12.5 Å². The quantitative estimate of drug-likeness (QED) is 0.782. The van der Waals surface area contributed by atoms with Gasteiger partial charge in [0.05, 0.1) is 18.6 Å². The summed E-state index contributed by atoms with van der Waals surface area (Å²) in [6.07, 6.45) is 1.94. The van der Waals surface area contributed by atoms with Gasteiger partial charge in [0.25, 0.3) is 0 Å². The first-order valence-electron chi connectivity index (χ1n) is 6.25. The van der Waals surface area contributed by atoms with Crippen LogP contribution >= 0.6 is 27.5 Å². The van der Waals surface area contributed by atoms with E-state index in [1.165, 1.54) is 5.39 Å². The van der Waals surface area contributed by atoms with Crippen molar-refractivity contribution < 1.29 is 4.74 Å². The van der Waals surface area contributed by atoms with E-state index >= 15 is 0 Å². The lowest BCUT2D eigenvalue weighted by atomic mass is 10.1. The number of anilines is 1. The van der Waals surface area contributed by atoms with Crippen LogP contribution in [0, 0.1) is 0 Å². The second kappa shape index (κ2) is 5.65. The number of pyridine rings is 1. The lowest BCUT2D eigenvalue weighted by molar-refractivity contribution is 0.0553. The zero-order chi connectivity index (χ0) is 13.2. The number of ether oxygens (including phenoxy) is 1. The molecular formula is C14H14BrClN2O. The first kappa shape index (κ1) is 13.2. The first-order chi connectivity index (χ1) is 9.29. The van der Waals surface area contributed by atoms with Crippen LogP contribution in [0.5, 0.6) is 0 Å². The summed E-state index contributed by atoms with van der Waals surface area (Å²) in [6, 6.07) is 8.22. The number of hydrogen-bond donors (Lipinski definition) is 0. The number of aromatic nitrogens is 1. The predicted octanol–water partition coefficient (Wildman–Crippen LogP) is 3.44. The average Bonchev–Trinajstić information content (AvgIpc) is 2.47. The maximum absolute atomic E-state index is 5.90. The van der Waals surface area contributed by atoms with Gasteiger partial charge in [0.2, 0.25) is 0 Å². The normalized spacial score (nSPS) is 19.9. The molecular weight excluding hydrogens is 328 g/mol. The molecule has 2 heterocycles. The second-order valence-electron chi connectivity index (χ2n) is 4.56. The van der Waals surface area contributed by atoms with Gasteiger partial charge in [0.15, 0.2) is 0 Å². The van der Waals surface area contributed by atoms with Gasteiger partial charge < -0.3 is 9.64 Å². The Balaban J connectivity index is 2.03. The van der Waals surface area contributed by atoms with E-state index in [2.05, 4.69) is 31.9 Å². The van der Waals surface area contributed by atoms with Gasteiger partial charge in [-0.2, -0.15) is 0 Å². The smallest absolute Gasteiger partial charge is 0.136 e. The van der Waals surface area contributed by atoms with Crippen LogP contribution in [0.2, 0.25) is 0 Å². The molecule has 5 heteroatoms. The van der Waals surface area contributed by atoms with Gasteiger partial charge in [-0.1, -0.05) is 28.1 Å². The Kier molecular flexibility index (Phi) is 3.91. The number of nitrogens with zero attached hydrogens (tertiary/aromatic N) is 2. The van der Waals surface area contributed by atoms with Crippen molar-refractivity contribution in [1.29, 1.82) is 0 Å². The molecule has 1 saturated heterocycles. The summed E-state index contributed by atoms with van der Waals surface area (Å²) in [5.41, 5.74) is 0. The molecule has 0 N–H and O–H groups in total. The minimum absolute atomic E-state index is 0.0830. The van der Waals surface area contributed by atoms with E-state index in [4.69, 9.17) is 16.3 Å². The molecule has 1 aromatic carbocycles. The first-order valence-corrected chi connectivity index (χ1v) is 7.58.